The highest BCUT2D eigenvalue weighted by Gasteiger charge is 2.12. The first kappa shape index (κ1) is 17.7. The third kappa shape index (κ3) is 4.69. The van der Waals surface area contributed by atoms with Gasteiger partial charge in [-0.15, -0.1) is 0 Å². The molecule has 1 N–H and O–H groups in total. The average molecular weight is 351 g/mol. The minimum absolute atomic E-state index is 0.189. The van der Waals surface area contributed by atoms with E-state index in [9.17, 15) is 4.79 Å². The molecular weight excluding hydrogens is 330 g/mol. The summed E-state index contributed by atoms with van der Waals surface area (Å²) in [5.74, 6) is 0.858. The van der Waals surface area contributed by atoms with Crippen molar-refractivity contribution in [1.29, 1.82) is 0 Å². The molecule has 0 radical (unpaired) electrons. The molecule has 0 atom stereocenters. The van der Waals surface area contributed by atoms with Crippen LogP contribution in [0.15, 0.2) is 53.2 Å². The Hall–Kier alpha value is -3.15. The quantitative estimate of drug-likeness (QED) is 0.707. The molecule has 6 nitrogen and oxygen atoms in total. The average Bonchev–Trinajstić information content (AvgIpc) is 3.12. The second kappa shape index (κ2) is 8.29. The molecule has 0 unspecified atom stereocenters. The Morgan fingerprint density at radius 1 is 1.19 bits per heavy atom. The van der Waals surface area contributed by atoms with Crippen LogP contribution in [0.3, 0.4) is 0 Å². The van der Waals surface area contributed by atoms with Gasteiger partial charge in [0, 0.05) is 18.3 Å². The van der Waals surface area contributed by atoms with Gasteiger partial charge in [-0.05, 0) is 43.5 Å². The zero-order valence-electron chi connectivity index (χ0n) is 14.9. The zero-order chi connectivity index (χ0) is 18.4. The molecule has 0 saturated carbocycles. The van der Waals surface area contributed by atoms with Gasteiger partial charge in [0.1, 0.15) is 12.4 Å². The number of pyridine rings is 1. The number of rotatable bonds is 7. The van der Waals surface area contributed by atoms with Crippen molar-refractivity contribution in [3.8, 4) is 5.75 Å². The zero-order valence-corrected chi connectivity index (χ0v) is 14.9. The molecule has 1 aromatic carbocycles. The maximum Gasteiger partial charge on any atom is 0.273 e. The van der Waals surface area contributed by atoms with Crippen LogP contribution in [0, 0.1) is 13.8 Å². The first-order chi connectivity index (χ1) is 12.6. The lowest BCUT2D eigenvalue weighted by molar-refractivity contribution is 0.0944. The number of carbonyl (C=O) groups excluding carboxylic acids is 1. The number of benzene rings is 1. The van der Waals surface area contributed by atoms with Gasteiger partial charge in [-0.2, -0.15) is 0 Å². The van der Waals surface area contributed by atoms with E-state index in [0.29, 0.717) is 18.1 Å². The molecule has 0 aliphatic rings. The number of ether oxygens (including phenoxy) is 1. The van der Waals surface area contributed by atoms with Crippen LogP contribution in [0.2, 0.25) is 0 Å². The summed E-state index contributed by atoms with van der Waals surface area (Å²) in [7, 11) is 0. The third-order valence-corrected chi connectivity index (χ3v) is 4.00. The fourth-order valence-corrected chi connectivity index (χ4v) is 2.47. The van der Waals surface area contributed by atoms with Gasteiger partial charge in [0.25, 0.3) is 5.91 Å². The summed E-state index contributed by atoms with van der Waals surface area (Å²) < 4.78 is 10.7. The van der Waals surface area contributed by atoms with E-state index in [2.05, 4.69) is 34.5 Å². The molecule has 2 heterocycles. The van der Waals surface area contributed by atoms with Crippen molar-refractivity contribution in [3.05, 3.63) is 76.9 Å². The first-order valence-electron chi connectivity index (χ1n) is 8.45. The molecular formula is C20H21N3O3. The number of aromatic nitrogens is 2. The van der Waals surface area contributed by atoms with E-state index in [0.717, 1.165) is 12.1 Å². The molecule has 134 valence electrons. The smallest absolute Gasteiger partial charge is 0.273 e. The lowest BCUT2D eigenvalue weighted by atomic mass is 10.1. The van der Waals surface area contributed by atoms with Crippen molar-refractivity contribution in [2.75, 3.05) is 6.54 Å². The molecule has 0 aliphatic heterocycles. The molecule has 3 rings (SSSR count). The van der Waals surface area contributed by atoms with Gasteiger partial charge < -0.3 is 14.6 Å². The Balaban J connectivity index is 1.48. The molecule has 0 fully saturated rings. The SMILES string of the molecule is Cc1ccc(OCc2cc(C(=O)NCCc3ccccc3C)no2)cn1. The molecule has 0 saturated heterocycles. The van der Waals surface area contributed by atoms with Crippen molar-refractivity contribution in [2.45, 2.75) is 26.9 Å². The standard InChI is InChI=1S/C20H21N3O3/c1-14-5-3-4-6-16(14)9-10-21-20(24)19-11-18(26-23-19)13-25-17-8-7-15(2)22-12-17/h3-8,11-12H,9-10,13H2,1-2H3,(H,21,24). The fraction of sp³-hybridized carbons (Fsp3) is 0.250. The topological polar surface area (TPSA) is 77.2 Å². The van der Waals surface area contributed by atoms with E-state index in [1.54, 1.807) is 12.3 Å². The number of nitrogens with one attached hydrogen (secondary N) is 1. The summed E-state index contributed by atoms with van der Waals surface area (Å²) in [4.78, 5) is 16.3. The van der Waals surface area contributed by atoms with Crippen molar-refractivity contribution < 1.29 is 14.1 Å². The van der Waals surface area contributed by atoms with Crippen LogP contribution >= 0.6 is 0 Å². The molecule has 26 heavy (non-hydrogen) atoms. The highest BCUT2D eigenvalue weighted by atomic mass is 16.5. The van der Waals surface area contributed by atoms with Gasteiger partial charge in [-0.25, -0.2) is 0 Å². The van der Waals surface area contributed by atoms with Crippen LogP contribution in [0.5, 0.6) is 5.75 Å². The number of amides is 1. The maximum absolute atomic E-state index is 12.2. The van der Waals surface area contributed by atoms with Gasteiger partial charge in [-0.1, -0.05) is 29.4 Å². The number of hydrogen-bond donors (Lipinski definition) is 1. The molecule has 1 amide bonds. The number of carbonyl (C=O) groups is 1. The first-order valence-corrected chi connectivity index (χ1v) is 8.45. The number of hydrogen-bond acceptors (Lipinski definition) is 5. The van der Waals surface area contributed by atoms with E-state index in [-0.39, 0.29) is 18.2 Å². The highest BCUT2D eigenvalue weighted by molar-refractivity contribution is 5.92. The minimum Gasteiger partial charge on any atom is -0.484 e. The van der Waals surface area contributed by atoms with Gasteiger partial charge in [0.2, 0.25) is 0 Å². The van der Waals surface area contributed by atoms with Crippen LogP contribution in [-0.4, -0.2) is 22.6 Å². The predicted molar refractivity (Wildman–Crippen MR) is 97.0 cm³/mol. The van der Waals surface area contributed by atoms with Gasteiger partial charge >= 0.3 is 0 Å². The molecule has 0 aliphatic carbocycles. The summed E-state index contributed by atoms with van der Waals surface area (Å²) in [5, 5.41) is 6.66. The summed E-state index contributed by atoms with van der Waals surface area (Å²) in [6.07, 6.45) is 2.41. The molecule has 3 aromatic rings. The van der Waals surface area contributed by atoms with Gasteiger partial charge in [0.15, 0.2) is 11.5 Å². The molecule has 6 heteroatoms. The fourth-order valence-electron chi connectivity index (χ4n) is 2.47. The largest absolute Gasteiger partial charge is 0.484 e. The van der Waals surface area contributed by atoms with Crippen LogP contribution in [-0.2, 0) is 13.0 Å². The number of nitrogens with zero attached hydrogens (tertiary/aromatic N) is 2. The highest BCUT2D eigenvalue weighted by Crippen LogP contribution is 2.12. The Morgan fingerprint density at radius 3 is 2.81 bits per heavy atom. The van der Waals surface area contributed by atoms with Crippen molar-refractivity contribution >= 4 is 5.91 Å². The third-order valence-electron chi connectivity index (χ3n) is 4.00. The monoisotopic (exact) mass is 351 g/mol. The normalized spacial score (nSPS) is 10.5. The van der Waals surface area contributed by atoms with E-state index in [4.69, 9.17) is 9.26 Å². The Kier molecular flexibility index (Phi) is 5.63. The summed E-state index contributed by atoms with van der Waals surface area (Å²) in [6.45, 7) is 4.69. The molecule has 0 spiro atoms. The molecule has 2 aromatic heterocycles. The Morgan fingerprint density at radius 2 is 2.04 bits per heavy atom. The van der Waals surface area contributed by atoms with Gasteiger partial charge in [0.05, 0.1) is 6.20 Å². The van der Waals surface area contributed by atoms with Crippen LogP contribution in [0.1, 0.15) is 33.1 Å². The second-order valence-corrected chi connectivity index (χ2v) is 6.03. The van der Waals surface area contributed by atoms with Crippen LogP contribution in [0.25, 0.3) is 0 Å². The summed E-state index contributed by atoms with van der Waals surface area (Å²) in [5.41, 5.74) is 3.60. The Labute approximate surface area is 152 Å². The second-order valence-electron chi connectivity index (χ2n) is 6.03. The number of aryl methyl sites for hydroxylation is 2. The van der Waals surface area contributed by atoms with Crippen molar-refractivity contribution in [2.24, 2.45) is 0 Å². The summed E-state index contributed by atoms with van der Waals surface area (Å²) in [6, 6.07) is 13.4. The van der Waals surface area contributed by atoms with Crippen molar-refractivity contribution in [3.63, 3.8) is 0 Å². The van der Waals surface area contributed by atoms with Crippen molar-refractivity contribution in [1.82, 2.24) is 15.5 Å². The van der Waals surface area contributed by atoms with E-state index < -0.39 is 0 Å². The lowest BCUT2D eigenvalue weighted by Gasteiger charge is -2.06. The Bertz CT molecular complexity index is 872. The minimum atomic E-state index is -0.259. The van der Waals surface area contributed by atoms with E-state index >= 15 is 0 Å². The van der Waals surface area contributed by atoms with E-state index in [1.165, 1.54) is 11.1 Å². The molecule has 0 bridgehead atoms. The van der Waals surface area contributed by atoms with E-state index in [1.807, 2.05) is 31.2 Å². The predicted octanol–water partition coefficient (Wildman–Crippen LogP) is 3.24. The van der Waals surface area contributed by atoms with Crippen LogP contribution in [0.4, 0.5) is 0 Å². The van der Waals surface area contributed by atoms with Crippen LogP contribution < -0.4 is 10.1 Å². The lowest BCUT2D eigenvalue weighted by Crippen LogP contribution is -2.26. The van der Waals surface area contributed by atoms with Gasteiger partial charge in [-0.3, -0.25) is 9.78 Å². The summed E-state index contributed by atoms with van der Waals surface area (Å²) >= 11 is 0. The maximum atomic E-state index is 12.2.